The molecule has 0 atom stereocenters. The van der Waals surface area contributed by atoms with E-state index in [4.69, 9.17) is 0 Å². The molecule has 0 radical (unpaired) electrons. The van der Waals surface area contributed by atoms with Gasteiger partial charge in [0.25, 0.3) is 0 Å². The van der Waals surface area contributed by atoms with E-state index in [1.807, 2.05) is 0 Å². The van der Waals surface area contributed by atoms with E-state index >= 15 is 0 Å². The molecule has 0 aromatic heterocycles. The Balaban J connectivity index is 2.31. The number of carbonyl (C=O) groups is 1. The van der Waals surface area contributed by atoms with Crippen molar-refractivity contribution in [2.75, 3.05) is 38.0 Å². The first-order chi connectivity index (χ1) is 13.5. The highest BCUT2D eigenvalue weighted by molar-refractivity contribution is 7.69. The van der Waals surface area contributed by atoms with Gasteiger partial charge in [0.2, 0.25) is 0 Å². The van der Waals surface area contributed by atoms with Crippen LogP contribution in [-0.2, 0) is 4.79 Å². The predicted molar refractivity (Wildman–Crippen MR) is 129 cm³/mol. The van der Waals surface area contributed by atoms with Crippen molar-refractivity contribution in [3.63, 3.8) is 0 Å². The Hall–Kier alpha value is -1.86. The van der Waals surface area contributed by atoms with Crippen molar-refractivity contribution >= 4 is 30.4 Å². The Labute approximate surface area is 177 Å². The largest absolute Gasteiger partial charge is 0.377 e. The summed E-state index contributed by atoms with van der Waals surface area (Å²) in [5.41, 5.74) is 5.04. The second-order valence-electron chi connectivity index (χ2n) is 9.83. The molecule has 0 spiro atoms. The van der Waals surface area contributed by atoms with Crippen LogP contribution >= 0.6 is 7.92 Å². The molecule has 4 heteroatoms. The van der Waals surface area contributed by atoms with Gasteiger partial charge in [-0.3, -0.25) is 4.79 Å². The number of anilines is 2. The first kappa shape index (κ1) is 21.8. The molecule has 1 aliphatic heterocycles. The van der Waals surface area contributed by atoms with Crippen molar-refractivity contribution in [3.8, 4) is 11.1 Å². The Morgan fingerprint density at radius 1 is 0.759 bits per heavy atom. The number of rotatable bonds is 4. The maximum Gasteiger partial charge on any atom is 0.134 e. The van der Waals surface area contributed by atoms with Crippen LogP contribution < -0.4 is 15.1 Å². The lowest BCUT2D eigenvalue weighted by atomic mass is 9.96. The van der Waals surface area contributed by atoms with Crippen molar-refractivity contribution < 1.29 is 4.79 Å². The maximum absolute atomic E-state index is 12.5. The zero-order chi connectivity index (χ0) is 21.6. The van der Waals surface area contributed by atoms with Gasteiger partial charge in [-0.25, -0.2) is 0 Å². The molecule has 2 aromatic rings. The van der Waals surface area contributed by atoms with Gasteiger partial charge in [0.05, 0.1) is 0 Å². The molecule has 1 fully saturated rings. The van der Waals surface area contributed by atoms with Crippen molar-refractivity contribution in [3.05, 3.63) is 42.5 Å². The average Bonchev–Trinajstić information content (AvgIpc) is 2.58. The van der Waals surface area contributed by atoms with E-state index in [1.54, 1.807) is 0 Å². The molecule has 0 saturated carbocycles. The number of benzene rings is 2. The molecule has 2 aromatic carbocycles. The fraction of sp³-hybridized carbons (Fsp3) is 0.480. The first-order valence-electron chi connectivity index (χ1n) is 10.3. The summed E-state index contributed by atoms with van der Waals surface area (Å²) >= 11 is 0. The SMILES string of the molecule is CN(C)c1cccc(N(C)C)c1-c1ccccc1P1C(C)(C)CC(=O)CC1(C)C. The second kappa shape index (κ2) is 7.76. The number of ketones is 1. The van der Waals surface area contributed by atoms with Gasteiger partial charge in [-0.2, -0.15) is 0 Å². The predicted octanol–water partition coefficient (Wildman–Crippen LogP) is 5.51. The number of nitrogens with zero attached hydrogens (tertiary/aromatic N) is 2. The van der Waals surface area contributed by atoms with Crippen molar-refractivity contribution in [1.82, 2.24) is 0 Å². The molecule has 0 unspecified atom stereocenters. The number of hydrogen-bond donors (Lipinski definition) is 0. The highest BCUT2D eigenvalue weighted by Crippen LogP contribution is 2.65. The summed E-state index contributed by atoms with van der Waals surface area (Å²) in [6, 6.07) is 15.4. The Morgan fingerprint density at radius 3 is 1.72 bits per heavy atom. The van der Waals surface area contributed by atoms with Crippen LogP contribution in [0.5, 0.6) is 0 Å². The topological polar surface area (TPSA) is 23.6 Å². The van der Waals surface area contributed by atoms with E-state index in [1.165, 1.54) is 27.8 Å². The number of Topliss-reactive ketones (excluding diaryl/α,β-unsaturated/α-hetero) is 1. The first-order valence-corrected chi connectivity index (χ1v) is 11.7. The van der Waals surface area contributed by atoms with Crippen LogP contribution in [0.15, 0.2) is 42.5 Å². The van der Waals surface area contributed by atoms with Crippen LogP contribution in [0.25, 0.3) is 11.1 Å². The third kappa shape index (κ3) is 4.08. The third-order valence-electron chi connectivity index (χ3n) is 5.87. The van der Waals surface area contributed by atoms with Gasteiger partial charge in [0, 0.05) is 58.0 Å². The lowest BCUT2D eigenvalue weighted by molar-refractivity contribution is -0.120. The minimum absolute atomic E-state index is 0.0182. The zero-order valence-electron chi connectivity index (χ0n) is 19.2. The third-order valence-corrected chi connectivity index (χ3v) is 9.48. The van der Waals surface area contributed by atoms with Crippen LogP contribution in [0.4, 0.5) is 11.4 Å². The van der Waals surface area contributed by atoms with Gasteiger partial charge in [-0.1, -0.05) is 65.9 Å². The minimum atomic E-state index is -0.546. The molecule has 3 nitrogen and oxygen atoms in total. The Morgan fingerprint density at radius 2 is 1.24 bits per heavy atom. The normalized spacial score (nSPS) is 18.6. The molecule has 0 bridgehead atoms. The molecular formula is C25H35N2OP. The number of hydrogen-bond acceptors (Lipinski definition) is 3. The fourth-order valence-corrected chi connectivity index (χ4v) is 9.36. The monoisotopic (exact) mass is 410 g/mol. The molecule has 1 heterocycles. The fourth-order valence-electron chi connectivity index (χ4n) is 5.09. The second-order valence-corrected chi connectivity index (χ2v) is 13.4. The minimum Gasteiger partial charge on any atom is -0.377 e. The van der Waals surface area contributed by atoms with Gasteiger partial charge in [0.15, 0.2) is 0 Å². The van der Waals surface area contributed by atoms with E-state index < -0.39 is 7.92 Å². The lowest BCUT2D eigenvalue weighted by Gasteiger charge is -2.49. The summed E-state index contributed by atoms with van der Waals surface area (Å²) in [5.74, 6) is 0.402. The van der Waals surface area contributed by atoms with Crippen LogP contribution in [0.2, 0.25) is 0 Å². The number of carbonyl (C=O) groups excluding carboxylic acids is 1. The van der Waals surface area contributed by atoms with E-state index in [9.17, 15) is 4.79 Å². The van der Waals surface area contributed by atoms with E-state index in [-0.39, 0.29) is 10.3 Å². The molecule has 0 aliphatic carbocycles. The molecule has 0 amide bonds. The maximum atomic E-state index is 12.5. The molecular weight excluding hydrogens is 375 g/mol. The molecule has 0 N–H and O–H groups in total. The van der Waals surface area contributed by atoms with Gasteiger partial charge < -0.3 is 9.80 Å². The van der Waals surface area contributed by atoms with Crippen LogP contribution in [0.3, 0.4) is 0 Å². The van der Waals surface area contributed by atoms with Gasteiger partial charge >= 0.3 is 0 Å². The quantitative estimate of drug-likeness (QED) is 0.621. The van der Waals surface area contributed by atoms with Crippen LogP contribution in [0.1, 0.15) is 40.5 Å². The summed E-state index contributed by atoms with van der Waals surface area (Å²) in [6.45, 7) is 9.16. The van der Waals surface area contributed by atoms with Gasteiger partial charge in [0.1, 0.15) is 5.78 Å². The van der Waals surface area contributed by atoms with E-state index in [0.29, 0.717) is 18.6 Å². The van der Waals surface area contributed by atoms with Crippen molar-refractivity contribution in [2.24, 2.45) is 0 Å². The molecule has 3 rings (SSSR count). The zero-order valence-corrected chi connectivity index (χ0v) is 20.1. The van der Waals surface area contributed by atoms with E-state index in [0.717, 1.165) is 0 Å². The molecule has 1 aliphatic rings. The standard InChI is InChI=1S/C25H35N2OP/c1-24(2)16-18(28)17-25(3,4)29(24)22-15-10-9-12-19(22)23-20(26(5)6)13-11-14-21(23)27(7)8/h9-15H,16-17H2,1-8H3. The van der Waals surface area contributed by atoms with Crippen molar-refractivity contribution in [1.29, 1.82) is 0 Å². The highest BCUT2D eigenvalue weighted by atomic mass is 31.1. The molecule has 1 saturated heterocycles. The Bertz CT molecular complexity index is 869. The highest BCUT2D eigenvalue weighted by Gasteiger charge is 2.48. The van der Waals surface area contributed by atoms with Crippen LogP contribution in [0, 0.1) is 0 Å². The van der Waals surface area contributed by atoms with Gasteiger partial charge in [-0.05, 0) is 33.3 Å². The molecule has 156 valence electrons. The summed E-state index contributed by atoms with van der Waals surface area (Å²) in [5, 5.41) is 1.38. The molecule has 29 heavy (non-hydrogen) atoms. The Kier molecular flexibility index (Phi) is 5.84. The average molecular weight is 411 g/mol. The summed E-state index contributed by atoms with van der Waals surface area (Å²) in [6.07, 6.45) is 1.35. The van der Waals surface area contributed by atoms with E-state index in [2.05, 4.69) is 108 Å². The summed E-state index contributed by atoms with van der Waals surface area (Å²) in [4.78, 5) is 16.9. The lowest BCUT2D eigenvalue weighted by Crippen LogP contribution is -2.43. The van der Waals surface area contributed by atoms with Crippen LogP contribution in [-0.4, -0.2) is 44.3 Å². The summed E-state index contributed by atoms with van der Waals surface area (Å²) < 4.78 is 0. The smallest absolute Gasteiger partial charge is 0.134 e. The van der Waals surface area contributed by atoms with Gasteiger partial charge in [-0.15, -0.1) is 0 Å². The van der Waals surface area contributed by atoms with Crippen molar-refractivity contribution in [2.45, 2.75) is 50.8 Å². The summed E-state index contributed by atoms with van der Waals surface area (Å²) in [7, 11) is 7.90.